The normalized spacial score (nSPS) is 10.6. The van der Waals surface area contributed by atoms with Crippen molar-refractivity contribution in [3.8, 4) is 39.1 Å². The van der Waals surface area contributed by atoms with E-state index >= 15 is 0 Å². The van der Waals surface area contributed by atoms with E-state index in [-0.39, 0.29) is 0 Å². The Hall–Kier alpha value is -2.47. The molecular weight excluding hydrogens is 314 g/mol. The molecule has 5 nitrogen and oxygen atoms in total. The molecule has 0 saturated carbocycles. The Morgan fingerprint density at radius 1 is 1.00 bits per heavy atom. The minimum absolute atomic E-state index is 0.549. The van der Waals surface area contributed by atoms with Crippen molar-refractivity contribution in [2.24, 2.45) is 0 Å². The van der Waals surface area contributed by atoms with Crippen LogP contribution in [0.2, 0.25) is 0 Å². The van der Waals surface area contributed by atoms with Crippen molar-refractivity contribution < 1.29 is 18.7 Å². The second-order valence-electron chi connectivity index (χ2n) is 4.92. The Balaban J connectivity index is 2.06. The van der Waals surface area contributed by atoms with E-state index in [0.29, 0.717) is 23.0 Å². The van der Waals surface area contributed by atoms with Gasteiger partial charge in [-0.15, -0.1) is 11.3 Å². The summed E-state index contributed by atoms with van der Waals surface area (Å²) in [6.07, 6.45) is 0. The number of rotatable bonds is 5. The van der Waals surface area contributed by atoms with Crippen LogP contribution < -0.4 is 14.2 Å². The van der Waals surface area contributed by atoms with Crippen LogP contribution in [0.4, 0.5) is 0 Å². The van der Waals surface area contributed by atoms with E-state index in [4.69, 9.17) is 18.7 Å². The number of thiophene rings is 1. The molecule has 0 bridgehead atoms. The van der Waals surface area contributed by atoms with Crippen LogP contribution in [0.5, 0.6) is 17.2 Å². The van der Waals surface area contributed by atoms with Crippen molar-refractivity contribution in [1.82, 2.24) is 5.16 Å². The van der Waals surface area contributed by atoms with E-state index in [1.807, 2.05) is 23.6 Å². The fourth-order valence-electron chi connectivity index (χ4n) is 2.38. The molecule has 0 radical (unpaired) electrons. The largest absolute Gasteiger partial charge is 0.493 e. The van der Waals surface area contributed by atoms with Gasteiger partial charge in [0.15, 0.2) is 17.3 Å². The van der Waals surface area contributed by atoms with Gasteiger partial charge in [0.25, 0.3) is 0 Å². The highest BCUT2D eigenvalue weighted by molar-refractivity contribution is 7.13. The number of ether oxygens (including phenoxy) is 3. The fourth-order valence-corrected chi connectivity index (χ4v) is 3.26. The van der Waals surface area contributed by atoms with Crippen LogP contribution in [-0.2, 0) is 0 Å². The number of benzene rings is 1. The molecule has 0 aliphatic carbocycles. The average molecular weight is 331 g/mol. The molecule has 2 heterocycles. The molecule has 1 aromatic carbocycles. The minimum atomic E-state index is 0.549. The Labute approximate surface area is 138 Å². The molecule has 0 saturated heterocycles. The van der Waals surface area contributed by atoms with Crippen LogP contribution in [0.1, 0.15) is 5.56 Å². The van der Waals surface area contributed by atoms with Gasteiger partial charge >= 0.3 is 0 Å². The van der Waals surface area contributed by atoms with E-state index in [2.05, 4.69) is 18.1 Å². The van der Waals surface area contributed by atoms with Gasteiger partial charge in [0.05, 0.1) is 26.2 Å². The highest BCUT2D eigenvalue weighted by atomic mass is 32.1. The first kappa shape index (κ1) is 15.4. The highest BCUT2D eigenvalue weighted by Crippen LogP contribution is 2.42. The van der Waals surface area contributed by atoms with Crippen molar-refractivity contribution in [2.75, 3.05) is 21.3 Å². The van der Waals surface area contributed by atoms with Gasteiger partial charge in [-0.25, -0.2) is 0 Å². The maximum atomic E-state index is 5.51. The lowest BCUT2D eigenvalue weighted by atomic mass is 10.1. The number of hydrogen-bond donors (Lipinski definition) is 0. The van der Waals surface area contributed by atoms with Gasteiger partial charge < -0.3 is 18.7 Å². The highest BCUT2D eigenvalue weighted by Gasteiger charge is 2.17. The molecule has 3 aromatic rings. The monoisotopic (exact) mass is 331 g/mol. The molecule has 0 fully saturated rings. The maximum Gasteiger partial charge on any atom is 0.203 e. The molecule has 6 heteroatoms. The first-order valence-corrected chi connectivity index (χ1v) is 7.87. The first-order valence-electron chi connectivity index (χ1n) is 6.99. The van der Waals surface area contributed by atoms with E-state index in [1.54, 1.807) is 32.7 Å². The standard InChI is InChI=1S/C17H17NO4S/c1-10-5-6-23-17(10)12-9-13(22-18-12)11-7-14(19-2)16(21-4)15(8-11)20-3/h5-9H,1-4H3. The van der Waals surface area contributed by atoms with Crippen molar-refractivity contribution >= 4 is 11.3 Å². The topological polar surface area (TPSA) is 53.7 Å². The first-order chi connectivity index (χ1) is 11.2. The average Bonchev–Trinajstić information content (AvgIpc) is 3.21. The van der Waals surface area contributed by atoms with E-state index in [0.717, 1.165) is 16.1 Å². The Kier molecular flexibility index (Phi) is 4.25. The number of nitrogens with zero attached hydrogens (tertiary/aromatic N) is 1. The molecular formula is C17H17NO4S. The molecule has 120 valence electrons. The maximum absolute atomic E-state index is 5.51. The van der Waals surface area contributed by atoms with Crippen LogP contribution in [0.25, 0.3) is 21.9 Å². The summed E-state index contributed by atoms with van der Waals surface area (Å²) in [6, 6.07) is 7.66. The molecule has 23 heavy (non-hydrogen) atoms. The lowest BCUT2D eigenvalue weighted by molar-refractivity contribution is 0.324. The third-order valence-corrected chi connectivity index (χ3v) is 4.59. The van der Waals surface area contributed by atoms with Gasteiger partial charge in [0.2, 0.25) is 5.75 Å². The Morgan fingerprint density at radius 3 is 2.22 bits per heavy atom. The molecule has 3 rings (SSSR count). The van der Waals surface area contributed by atoms with Crippen LogP contribution >= 0.6 is 11.3 Å². The third-order valence-electron chi connectivity index (χ3n) is 3.55. The van der Waals surface area contributed by atoms with E-state index in [1.165, 1.54) is 5.56 Å². The summed E-state index contributed by atoms with van der Waals surface area (Å²) in [5.41, 5.74) is 2.81. The molecule has 0 spiro atoms. The third kappa shape index (κ3) is 2.77. The van der Waals surface area contributed by atoms with Gasteiger partial charge in [-0.3, -0.25) is 0 Å². The number of hydrogen-bond acceptors (Lipinski definition) is 6. The molecule has 0 atom stereocenters. The zero-order chi connectivity index (χ0) is 16.4. The predicted molar refractivity (Wildman–Crippen MR) is 89.6 cm³/mol. The zero-order valence-corrected chi connectivity index (χ0v) is 14.2. The van der Waals surface area contributed by atoms with Gasteiger partial charge in [-0.05, 0) is 36.1 Å². The summed E-state index contributed by atoms with van der Waals surface area (Å²) in [4.78, 5) is 1.10. The van der Waals surface area contributed by atoms with Crippen molar-refractivity contribution in [2.45, 2.75) is 6.92 Å². The van der Waals surface area contributed by atoms with E-state index in [9.17, 15) is 0 Å². The Bertz CT molecular complexity index is 797. The van der Waals surface area contributed by atoms with Crippen molar-refractivity contribution in [1.29, 1.82) is 0 Å². The minimum Gasteiger partial charge on any atom is -0.493 e. The fraction of sp³-hybridized carbons (Fsp3) is 0.235. The van der Waals surface area contributed by atoms with E-state index < -0.39 is 0 Å². The van der Waals surface area contributed by atoms with Gasteiger partial charge in [-0.2, -0.15) is 0 Å². The summed E-state index contributed by atoms with van der Waals surface area (Å²) in [7, 11) is 4.75. The SMILES string of the molecule is COc1cc(-c2cc(-c3sccc3C)no2)cc(OC)c1OC. The lowest BCUT2D eigenvalue weighted by Gasteiger charge is -2.12. The molecule has 0 unspecified atom stereocenters. The number of aromatic nitrogens is 1. The molecule has 0 N–H and O–H groups in total. The summed E-state index contributed by atoms with van der Waals surface area (Å²) < 4.78 is 21.6. The van der Waals surface area contributed by atoms with Crippen molar-refractivity contribution in [3.63, 3.8) is 0 Å². The zero-order valence-electron chi connectivity index (χ0n) is 13.4. The second kappa shape index (κ2) is 6.34. The number of methoxy groups -OCH3 is 3. The summed E-state index contributed by atoms with van der Waals surface area (Å²) in [5.74, 6) is 2.35. The molecule has 0 aliphatic rings. The smallest absolute Gasteiger partial charge is 0.203 e. The molecule has 0 aliphatic heterocycles. The van der Waals surface area contributed by atoms with Gasteiger partial charge in [-0.1, -0.05) is 5.16 Å². The van der Waals surface area contributed by atoms with Crippen LogP contribution in [0.15, 0.2) is 34.2 Å². The van der Waals surface area contributed by atoms with Crippen molar-refractivity contribution in [3.05, 3.63) is 35.2 Å². The van der Waals surface area contributed by atoms with Gasteiger partial charge in [0, 0.05) is 11.6 Å². The summed E-state index contributed by atoms with van der Waals surface area (Å²) in [6.45, 7) is 2.06. The Morgan fingerprint density at radius 2 is 1.70 bits per heavy atom. The predicted octanol–water partition coefficient (Wildman–Crippen LogP) is 4.40. The number of aryl methyl sites for hydroxylation is 1. The molecule has 0 amide bonds. The summed E-state index contributed by atoms with van der Waals surface area (Å²) in [5, 5.41) is 6.21. The lowest BCUT2D eigenvalue weighted by Crippen LogP contribution is -1.95. The molecule has 2 aromatic heterocycles. The quantitative estimate of drug-likeness (QED) is 0.693. The second-order valence-corrected chi connectivity index (χ2v) is 5.84. The van der Waals surface area contributed by atoms with Gasteiger partial charge in [0.1, 0.15) is 5.69 Å². The van der Waals surface area contributed by atoms with Crippen LogP contribution in [0.3, 0.4) is 0 Å². The van der Waals surface area contributed by atoms with Crippen LogP contribution in [0, 0.1) is 6.92 Å². The van der Waals surface area contributed by atoms with Crippen LogP contribution in [-0.4, -0.2) is 26.5 Å². The summed E-state index contributed by atoms with van der Waals surface area (Å²) >= 11 is 1.64.